The number of halogens is 1. The van der Waals surface area contributed by atoms with Crippen LogP contribution in [0.1, 0.15) is 18.5 Å². The van der Waals surface area contributed by atoms with E-state index in [2.05, 4.69) is 14.2 Å². The van der Waals surface area contributed by atoms with Crippen molar-refractivity contribution >= 4 is 30.2 Å². The number of nitrogens with zero attached hydrogens (tertiary/aromatic N) is 1. The van der Waals surface area contributed by atoms with Crippen molar-refractivity contribution in [1.29, 1.82) is 0 Å². The number of nitrogens with two attached hydrogens (primary N) is 1. The lowest BCUT2D eigenvalue weighted by molar-refractivity contribution is 0.415. The number of amidine groups is 1. The number of methoxy groups -OCH3 is 1. The van der Waals surface area contributed by atoms with Crippen LogP contribution in [0.2, 0.25) is 0 Å². The van der Waals surface area contributed by atoms with Crippen LogP contribution in [0.25, 0.3) is 0 Å². The minimum Gasteiger partial charge on any atom is -0.497 e. The topological polar surface area (TPSA) is 81.8 Å². The van der Waals surface area contributed by atoms with Crippen LogP contribution in [0, 0.1) is 5.82 Å². The fraction of sp³-hybridized carbons (Fsp3) is 0.278. The predicted octanol–water partition coefficient (Wildman–Crippen LogP) is 2.24. The van der Waals surface area contributed by atoms with Gasteiger partial charge in [-0.2, -0.15) is 0 Å². The molecular formula is C18H22FN2O3PS. The Balaban J connectivity index is 0.000000254. The molecule has 0 radical (unpaired) electrons. The van der Waals surface area contributed by atoms with E-state index in [9.17, 15) is 12.8 Å². The first kappa shape index (κ1) is 20.3. The molecule has 8 heteroatoms. The molecule has 0 aromatic heterocycles. The molecule has 0 fully saturated rings. The third-order valence-corrected chi connectivity index (χ3v) is 6.64. The third kappa shape index (κ3) is 5.02. The normalized spacial score (nSPS) is 21.2. The molecular weight excluding hydrogens is 374 g/mol. The lowest BCUT2D eigenvalue weighted by Crippen LogP contribution is -2.41. The molecule has 0 saturated carbocycles. The number of benzene rings is 2. The zero-order valence-corrected chi connectivity index (χ0v) is 16.6. The molecule has 3 unspecified atom stereocenters. The standard InChI is InChI=1S/C11H14FN2O2PS.C7H8O/c1-6-11(13)14-9(5-18(6,15)16)8-3-2-7(12)4-10(8)17;1-8-7-5-3-2-4-6-7/h2-4,6,9H,5,17H2,1H3,(H2,13,14);2-6H,1H3. The average molecular weight is 396 g/mol. The van der Waals surface area contributed by atoms with Gasteiger partial charge in [0.1, 0.15) is 22.7 Å². The minimum atomic E-state index is -3.29. The predicted molar refractivity (Wildman–Crippen MR) is 106 cm³/mol. The smallest absolute Gasteiger partial charge is 0.162 e. The highest BCUT2D eigenvalue weighted by atomic mass is 32.2. The van der Waals surface area contributed by atoms with Crippen molar-refractivity contribution in [2.24, 2.45) is 10.7 Å². The molecule has 0 amide bonds. The van der Waals surface area contributed by atoms with Gasteiger partial charge in [-0.05, 0) is 42.1 Å². The Bertz CT molecular complexity index is 889. The summed E-state index contributed by atoms with van der Waals surface area (Å²) in [6.45, 7) is 1.52. The Morgan fingerprint density at radius 3 is 2.38 bits per heavy atom. The fourth-order valence-electron chi connectivity index (χ4n) is 2.44. The Kier molecular flexibility index (Phi) is 6.73. The second-order valence-corrected chi connectivity index (χ2v) is 8.82. The number of ether oxygens (including phenoxy) is 1. The first-order chi connectivity index (χ1) is 12.2. The van der Waals surface area contributed by atoms with Gasteiger partial charge in [0.25, 0.3) is 0 Å². The van der Waals surface area contributed by atoms with Crippen LogP contribution in [0.5, 0.6) is 5.75 Å². The lowest BCUT2D eigenvalue weighted by Gasteiger charge is -2.24. The van der Waals surface area contributed by atoms with Crippen molar-refractivity contribution in [1.82, 2.24) is 0 Å². The second kappa shape index (κ2) is 8.60. The Morgan fingerprint density at radius 1 is 1.23 bits per heavy atom. The molecule has 1 aliphatic heterocycles. The number of hydrogen-bond donors (Lipinski definition) is 1. The number of sulfone groups is 1. The van der Waals surface area contributed by atoms with Crippen LogP contribution < -0.4 is 15.8 Å². The zero-order valence-electron chi connectivity index (χ0n) is 14.6. The van der Waals surface area contributed by atoms with Gasteiger partial charge in [0.15, 0.2) is 9.84 Å². The highest BCUT2D eigenvalue weighted by Crippen LogP contribution is 2.26. The first-order valence-electron chi connectivity index (χ1n) is 7.93. The maximum atomic E-state index is 13.0. The van der Waals surface area contributed by atoms with Crippen molar-refractivity contribution in [3.05, 3.63) is 59.9 Å². The van der Waals surface area contributed by atoms with Crippen LogP contribution in [0.3, 0.4) is 0 Å². The summed E-state index contributed by atoms with van der Waals surface area (Å²) in [6.07, 6.45) is 0. The molecule has 1 aliphatic rings. The second-order valence-electron chi connectivity index (χ2n) is 5.83. The molecule has 2 aromatic carbocycles. The van der Waals surface area contributed by atoms with Gasteiger partial charge in [-0.3, -0.25) is 4.99 Å². The van der Waals surface area contributed by atoms with Crippen molar-refractivity contribution < 1.29 is 17.5 Å². The molecule has 0 spiro atoms. The minimum absolute atomic E-state index is 0.0953. The van der Waals surface area contributed by atoms with Crippen LogP contribution in [0.15, 0.2) is 53.5 Å². The number of hydrogen-bond acceptors (Lipinski definition) is 5. The molecule has 140 valence electrons. The van der Waals surface area contributed by atoms with Crippen molar-refractivity contribution in [3.63, 3.8) is 0 Å². The summed E-state index contributed by atoms with van der Waals surface area (Å²) < 4.78 is 41.8. The molecule has 2 N–H and O–H groups in total. The zero-order chi connectivity index (χ0) is 19.3. The molecule has 2 aromatic rings. The van der Waals surface area contributed by atoms with E-state index in [-0.39, 0.29) is 17.4 Å². The monoisotopic (exact) mass is 396 g/mol. The maximum absolute atomic E-state index is 13.0. The Hall–Kier alpha value is -1.98. The summed E-state index contributed by atoms with van der Waals surface area (Å²) in [5.74, 6) is 0.558. The summed E-state index contributed by atoms with van der Waals surface area (Å²) in [5.41, 5.74) is 6.32. The Labute approximate surface area is 155 Å². The van der Waals surface area contributed by atoms with E-state index in [0.29, 0.717) is 10.9 Å². The number of rotatable bonds is 2. The third-order valence-electron chi connectivity index (χ3n) is 4.04. The molecule has 26 heavy (non-hydrogen) atoms. The molecule has 0 aliphatic carbocycles. The van der Waals surface area contributed by atoms with Gasteiger partial charge in [-0.15, -0.1) is 9.24 Å². The number of aliphatic imine (C=N–C) groups is 1. The largest absolute Gasteiger partial charge is 0.497 e. The Morgan fingerprint density at radius 2 is 1.88 bits per heavy atom. The van der Waals surface area contributed by atoms with Gasteiger partial charge in [-0.25, -0.2) is 12.8 Å². The van der Waals surface area contributed by atoms with E-state index >= 15 is 0 Å². The summed E-state index contributed by atoms with van der Waals surface area (Å²) in [5, 5.41) is -0.150. The highest BCUT2D eigenvalue weighted by Gasteiger charge is 2.34. The van der Waals surface area contributed by atoms with E-state index in [1.807, 2.05) is 30.3 Å². The molecule has 3 atom stereocenters. The number of para-hydroxylation sites is 1. The van der Waals surface area contributed by atoms with E-state index in [1.54, 1.807) is 13.2 Å². The van der Waals surface area contributed by atoms with Gasteiger partial charge < -0.3 is 10.5 Å². The maximum Gasteiger partial charge on any atom is 0.162 e. The van der Waals surface area contributed by atoms with Gasteiger partial charge in [-0.1, -0.05) is 24.3 Å². The van der Waals surface area contributed by atoms with Crippen LogP contribution in [-0.4, -0.2) is 32.4 Å². The quantitative estimate of drug-likeness (QED) is 0.790. The molecule has 1 heterocycles. The van der Waals surface area contributed by atoms with Gasteiger partial charge in [0.2, 0.25) is 0 Å². The van der Waals surface area contributed by atoms with Gasteiger partial charge in [0.05, 0.1) is 18.9 Å². The lowest BCUT2D eigenvalue weighted by atomic mass is 10.1. The molecule has 0 saturated heterocycles. The molecule has 0 bridgehead atoms. The molecule has 3 rings (SSSR count). The van der Waals surface area contributed by atoms with Crippen LogP contribution in [-0.2, 0) is 9.84 Å². The average Bonchev–Trinajstić information content (AvgIpc) is 2.60. The molecule has 5 nitrogen and oxygen atoms in total. The summed E-state index contributed by atoms with van der Waals surface area (Å²) in [4.78, 5) is 4.20. The van der Waals surface area contributed by atoms with Crippen molar-refractivity contribution in [2.45, 2.75) is 18.2 Å². The van der Waals surface area contributed by atoms with Gasteiger partial charge >= 0.3 is 0 Å². The van der Waals surface area contributed by atoms with Crippen molar-refractivity contribution in [3.8, 4) is 5.75 Å². The van der Waals surface area contributed by atoms with Crippen molar-refractivity contribution in [2.75, 3.05) is 12.9 Å². The van der Waals surface area contributed by atoms with Crippen LogP contribution >= 0.6 is 9.24 Å². The van der Waals surface area contributed by atoms with Crippen LogP contribution in [0.4, 0.5) is 4.39 Å². The SMILES string of the molecule is CC1C(N)=NC(c2ccc(F)cc2P)CS1(=O)=O.COc1ccccc1. The first-order valence-corrected chi connectivity index (χ1v) is 10.2. The van der Waals surface area contributed by atoms with E-state index in [1.165, 1.54) is 19.1 Å². The summed E-state index contributed by atoms with van der Waals surface area (Å²) in [6, 6.07) is 13.3. The summed E-state index contributed by atoms with van der Waals surface area (Å²) in [7, 11) is 0.757. The van der Waals surface area contributed by atoms with E-state index in [4.69, 9.17) is 10.5 Å². The fourth-order valence-corrected chi connectivity index (χ4v) is 4.29. The van der Waals surface area contributed by atoms with Gasteiger partial charge in [0, 0.05) is 0 Å². The summed E-state index contributed by atoms with van der Waals surface area (Å²) >= 11 is 0. The van der Waals surface area contributed by atoms with E-state index in [0.717, 1.165) is 5.75 Å². The highest BCUT2D eigenvalue weighted by molar-refractivity contribution is 7.92. The van der Waals surface area contributed by atoms with E-state index < -0.39 is 21.1 Å².